The van der Waals surface area contributed by atoms with Crippen LogP contribution in [0.3, 0.4) is 0 Å². The Balaban J connectivity index is 2.08. The maximum Gasteiger partial charge on any atom is 0.180 e. The van der Waals surface area contributed by atoms with Crippen LogP contribution in [0.2, 0.25) is 0 Å². The Morgan fingerprint density at radius 3 is 3.23 bits per heavy atom. The van der Waals surface area contributed by atoms with E-state index in [4.69, 9.17) is 4.42 Å². The van der Waals surface area contributed by atoms with E-state index in [1.807, 2.05) is 11.8 Å². The highest BCUT2D eigenvalue weighted by atomic mass is 32.2. The summed E-state index contributed by atoms with van der Waals surface area (Å²) in [5.74, 6) is 1.81. The molecule has 1 aromatic rings. The quantitative estimate of drug-likeness (QED) is 0.783. The zero-order valence-electron chi connectivity index (χ0n) is 7.56. The molecule has 13 heavy (non-hydrogen) atoms. The SMILES string of the molecule is CC1SCCC1(O)Cc1cnco1. The number of rotatable bonds is 2. The second-order valence-electron chi connectivity index (χ2n) is 3.51. The number of aromatic nitrogens is 1. The fourth-order valence-electron chi connectivity index (χ4n) is 1.63. The normalized spacial score (nSPS) is 33.8. The maximum absolute atomic E-state index is 10.2. The molecular weight excluding hydrogens is 186 g/mol. The van der Waals surface area contributed by atoms with Crippen LogP contribution in [-0.2, 0) is 6.42 Å². The summed E-state index contributed by atoms with van der Waals surface area (Å²) in [6, 6.07) is 0. The van der Waals surface area contributed by atoms with Crippen molar-refractivity contribution in [1.82, 2.24) is 4.98 Å². The Hall–Kier alpha value is -0.480. The van der Waals surface area contributed by atoms with Crippen LogP contribution in [0.1, 0.15) is 19.1 Å². The van der Waals surface area contributed by atoms with E-state index < -0.39 is 5.60 Å². The number of nitrogens with zero attached hydrogens (tertiary/aromatic N) is 1. The third-order valence-electron chi connectivity index (χ3n) is 2.62. The van der Waals surface area contributed by atoms with E-state index in [-0.39, 0.29) is 5.25 Å². The van der Waals surface area contributed by atoms with E-state index in [9.17, 15) is 5.11 Å². The minimum atomic E-state index is -0.593. The summed E-state index contributed by atoms with van der Waals surface area (Å²) < 4.78 is 5.13. The standard InChI is InChI=1S/C9H13NO2S/c1-7-9(11,2-3-13-7)4-8-5-10-6-12-8/h5-7,11H,2-4H2,1H3. The van der Waals surface area contributed by atoms with Gasteiger partial charge in [-0.05, 0) is 12.2 Å². The maximum atomic E-state index is 10.2. The van der Waals surface area contributed by atoms with Gasteiger partial charge in [0.1, 0.15) is 5.76 Å². The molecule has 1 aromatic heterocycles. The Morgan fingerprint density at radius 1 is 1.85 bits per heavy atom. The molecule has 1 aliphatic heterocycles. The number of hydrogen-bond acceptors (Lipinski definition) is 4. The smallest absolute Gasteiger partial charge is 0.180 e. The van der Waals surface area contributed by atoms with E-state index in [0.29, 0.717) is 6.42 Å². The van der Waals surface area contributed by atoms with Gasteiger partial charge in [-0.25, -0.2) is 4.98 Å². The molecule has 0 amide bonds. The number of thioether (sulfide) groups is 1. The molecule has 3 nitrogen and oxygen atoms in total. The predicted molar refractivity (Wildman–Crippen MR) is 51.7 cm³/mol. The van der Waals surface area contributed by atoms with Crippen LogP contribution in [-0.4, -0.2) is 26.7 Å². The fourth-order valence-corrected chi connectivity index (χ4v) is 2.97. The molecule has 1 aliphatic rings. The van der Waals surface area contributed by atoms with Crippen molar-refractivity contribution in [2.24, 2.45) is 0 Å². The van der Waals surface area contributed by atoms with Crippen LogP contribution in [0.4, 0.5) is 0 Å². The van der Waals surface area contributed by atoms with E-state index >= 15 is 0 Å². The van der Waals surface area contributed by atoms with Crippen LogP contribution in [0.5, 0.6) is 0 Å². The lowest BCUT2D eigenvalue weighted by molar-refractivity contribution is 0.0414. The van der Waals surface area contributed by atoms with Gasteiger partial charge >= 0.3 is 0 Å². The lowest BCUT2D eigenvalue weighted by atomic mass is 9.92. The summed E-state index contributed by atoms with van der Waals surface area (Å²) >= 11 is 1.81. The Morgan fingerprint density at radius 2 is 2.69 bits per heavy atom. The van der Waals surface area contributed by atoms with E-state index in [0.717, 1.165) is 17.9 Å². The monoisotopic (exact) mass is 199 g/mol. The van der Waals surface area contributed by atoms with E-state index in [2.05, 4.69) is 11.9 Å². The third-order valence-corrected chi connectivity index (χ3v) is 4.00. The van der Waals surface area contributed by atoms with Crippen molar-refractivity contribution in [2.75, 3.05) is 5.75 Å². The first-order chi connectivity index (χ1) is 6.21. The highest BCUT2D eigenvalue weighted by Crippen LogP contribution is 2.37. The molecule has 72 valence electrons. The summed E-state index contributed by atoms with van der Waals surface area (Å²) in [6.45, 7) is 2.06. The zero-order valence-corrected chi connectivity index (χ0v) is 8.38. The van der Waals surface area contributed by atoms with E-state index in [1.54, 1.807) is 6.20 Å². The van der Waals surface area contributed by atoms with Crippen molar-refractivity contribution in [2.45, 2.75) is 30.6 Å². The molecule has 2 unspecified atom stereocenters. The minimum absolute atomic E-state index is 0.289. The molecular formula is C9H13NO2S. The molecule has 2 rings (SSSR count). The summed E-state index contributed by atoms with van der Waals surface area (Å²) in [7, 11) is 0. The first-order valence-corrected chi connectivity index (χ1v) is 5.47. The van der Waals surface area contributed by atoms with Crippen molar-refractivity contribution >= 4 is 11.8 Å². The van der Waals surface area contributed by atoms with Crippen LogP contribution in [0.25, 0.3) is 0 Å². The third kappa shape index (κ3) is 1.74. The van der Waals surface area contributed by atoms with Crippen molar-refractivity contribution in [3.63, 3.8) is 0 Å². The molecule has 1 fully saturated rings. The van der Waals surface area contributed by atoms with E-state index in [1.165, 1.54) is 6.39 Å². The molecule has 2 heterocycles. The van der Waals surface area contributed by atoms with Crippen molar-refractivity contribution in [3.05, 3.63) is 18.4 Å². The van der Waals surface area contributed by atoms with Gasteiger partial charge in [0.15, 0.2) is 6.39 Å². The van der Waals surface area contributed by atoms with Gasteiger partial charge in [-0.15, -0.1) is 0 Å². The predicted octanol–water partition coefficient (Wildman–Crippen LogP) is 1.47. The van der Waals surface area contributed by atoms with Gasteiger partial charge in [0, 0.05) is 11.7 Å². The number of hydrogen-bond donors (Lipinski definition) is 1. The number of aliphatic hydroxyl groups is 1. The largest absolute Gasteiger partial charge is 0.448 e. The molecule has 0 spiro atoms. The van der Waals surface area contributed by atoms with Crippen LogP contribution >= 0.6 is 11.8 Å². The Labute approximate surface area is 81.5 Å². The molecule has 0 saturated carbocycles. The van der Waals surface area contributed by atoms with Gasteiger partial charge in [-0.2, -0.15) is 11.8 Å². The van der Waals surface area contributed by atoms with Crippen LogP contribution in [0.15, 0.2) is 17.0 Å². The Kier molecular flexibility index (Phi) is 2.34. The molecule has 0 aliphatic carbocycles. The van der Waals surface area contributed by atoms with Gasteiger partial charge in [-0.1, -0.05) is 6.92 Å². The molecule has 1 saturated heterocycles. The van der Waals surface area contributed by atoms with Gasteiger partial charge in [0.25, 0.3) is 0 Å². The minimum Gasteiger partial charge on any atom is -0.448 e. The highest BCUT2D eigenvalue weighted by molar-refractivity contribution is 8.00. The molecule has 0 radical (unpaired) electrons. The van der Waals surface area contributed by atoms with Gasteiger partial charge < -0.3 is 9.52 Å². The van der Waals surface area contributed by atoms with Crippen molar-refractivity contribution in [3.8, 4) is 0 Å². The average molecular weight is 199 g/mol. The lowest BCUT2D eigenvalue weighted by Gasteiger charge is -2.25. The summed E-state index contributed by atoms with van der Waals surface area (Å²) in [4.78, 5) is 3.84. The summed E-state index contributed by atoms with van der Waals surface area (Å²) in [5.41, 5.74) is -0.593. The second-order valence-corrected chi connectivity index (χ2v) is 4.96. The Bertz CT molecular complexity index is 275. The average Bonchev–Trinajstić information content (AvgIpc) is 2.65. The molecule has 2 atom stereocenters. The van der Waals surface area contributed by atoms with Crippen LogP contribution in [0, 0.1) is 0 Å². The summed E-state index contributed by atoms with van der Waals surface area (Å²) in [5, 5.41) is 10.5. The molecule has 0 aromatic carbocycles. The zero-order chi connectivity index (χ0) is 9.31. The molecule has 0 bridgehead atoms. The van der Waals surface area contributed by atoms with Crippen LogP contribution < -0.4 is 0 Å². The van der Waals surface area contributed by atoms with Crippen molar-refractivity contribution in [1.29, 1.82) is 0 Å². The van der Waals surface area contributed by atoms with Gasteiger partial charge in [-0.3, -0.25) is 0 Å². The lowest BCUT2D eigenvalue weighted by Crippen LogP contribution is -2.36. The van der Waals surface area contributed by atoms with Gasteiger partial charge in [0.05, 0.1) is 11.8 Å². The first-order valence-electron chi connectivity index (χ1n) is 4.42. The molecule has 1 N–H and O–H groups in total. The summed E-state index contributed by atoms with van der Waals surface area (Å²) in [6.07, 6.45) is 4.51. The molecule has 4 heteroatoms. The second kappa shape index (κ2) is 3.35. The number of oxazole rings is 1. The van der Waals surface area contributed by atoms with Gasteiger partial charge in [0.2, 0.25) is 0 Å². The fraction of sp³-hybridized carbons (Fsp3) is 0.667. The highest BCUT2D eigenvalue weighted by Gasteiger charge is 2.39. The topological polar surface area (TPSA) is 46.3 Å². The first kappa shape index (κ1) is 9.09. The van der Waals surface area contributed by atoms with Crippen molar-refractivity contribution < 1.29 is 9.52 Å².